The lowest BCUT2D eigenvalue weighted by molar-refractivity contribution is 0.0696. The van der Waals surface area contributed by atoms with E-state index in [0.717, 1.165) is 0 Å². The van der Waals surface area contributed by atoms with E-state index in [1.54, 1.807) is 28.8 Å². The molecule has 0 aliphatic heterocycles. The van der Waals surface area contributed by atoms with Gasteiger partial charge in [-0.3, -0.25) is 0 Å². The highest BCUT2D eigenvalue weighted by molar-refractivity contribution is 5.92. The van der Waals surface area contributed by atoms with E-state index < -0.39 is 5.97 Å². The smallest absolute Gasteiger partial charge is 0.338 e. The molecule has 0 amide bonds. The monoisotopic (exact) mass is 186 g/mol. The van der Waals surface area contributed by atoms with Crippen molar-refractivity contribution in [2.24, 2.45) is 0 Å². The molecule has 4 heteroatoms. The first-order valence-electron chi connectivity index (χ1n) is 3.97. The van der Waals surface area contributed by atoms with E-state index in [-0.39, 0.29) is 11.3 Å². The number of carboxylic acid groups (broad SMARTS) is 1. The number of rotatable bonds is 1. The number of hydrogen-bond acceptors (Lipinski definition) is 2. The van der Waals surface area contributed by atoms with Crippen LogP contribution in [0.15, 0.2) is 30.5 Å². The largest absolute Gasteiger partial charge is 0.478 e. The minimum Gasteiger partial charge on any atom is -0.478 e. The molecule has 0 bridgehead atoms. The summed E-state index contributed by atoms with van der Waals surface area (Å²) in [6, 6.07) is 8.67. The molecule has 2 aromatic heterocycles. The Morgan fingerprint density at radius 1 is 1.50 bits per heavy atom. The Morgan fingerprint density at radius 3 is 2.93 bits per heavy atom. The normalized spacial score (nSPS) is 9.93. The van der Waals surface area contributed by atoms with Crippen molar-refractivity contribution in [1.29, 1.82) is 5.26 Å². The molecular formula is C10H6N2O2. The number of aromatic nitrogens is 1. The fraction of sp³-hybridized carbons (Fsp3) is 0. The third kappa shape index (κ3) is 1.04. The molecule has 2 aromatic rings. The van der Waals surface area contributed by atoms with Crippen molar-refractivity contribution in [2.45, 2.75) is 0 Å². The minimum absolute atomic E-state index is 0.0405. The summed E-state index contributed by atoms with van der Waals surface area (Å²) in [6.07, 6.45) is 1.67. The zero-order valence-corrected chi connectivity index (χ0v) is 7.14. The maximum absolute atomic E-state index is 10.8. The molecule has 0 aliphatic carbocycles. The summed E-state index contributed by atoms with van der Waals surface area (Å²) in [5, 5.41) is 17.7. The second kappa shape index (κ2) is 2.89. The van der Waals surface area contributed by atoms with Crippen LogP contribution < -0.4 is 0 Å². The Hall–Kier alpha value is -2.28. The molecule has 14 heavy (non-hydrogen) atoms. The van der Waals surface area contributed by atoms with Gasteiger partial charge in [-0.25, -0.2) is 4.79 Å². The lowest BCUT2D eigenvalue weighted by atomic mass is 10.2. The van der Waals surface area contributed by atoms with E-state index in [9.17, 15) is 4.79 Å². The minimum atomic E-state index is -1.08. The summed E-state index contributed by atoms with van der Waals surface area (Å²) in [5.41, 5.74) is 0.910. The van der Waals surface area contributed by atoms with Gasteiger partial charge >= 0.3 is 5.97 Å². The van der Waals surface area contributed by atoms with Crippen LogP contribution in [0.5, 0.6) is 0 Å². The summed E-state index contributed by atoms with van der Waals surface area (Å²) in [7, 11) is 0. The fourth-order valence-corrected chi connectivity index (χ4v) is 1.40. The number of nitriles is 1. The van der Waals surface area contributed by atoms with E-state index in [1.807, 2.05) is 6.07 Å². The van der Waals surface area contributed by atoms with Crippen LogP contribution in [0.2, 0.25) is 0 Å². The zero-order valence-electron chi connectivity index (χ0n) is 7.14. The van der Waals surface area contributed by atoms with E-state index in [2.05, 4.69) is 0 Å². The molecule has 0 aliphatic rings. The van der Waals surface area contributed by atoms with Gasteiger partial charge in [0.1, 0.15) is 11.8 Å². The second-order valence-electron chi connectivity index (χ2n) is 2.82. The van der Waals surface area contributed by atoms with E-state index in [1.165, 1.54) is 6.07 Å². The predicted octanol–water partition coefficient (Wildman–Crippen LogP) is 1.51. The average Bonchev–Trinajstić information content (AvgIpc) is 2.56. The van der Waals surface area contributed by atoms with Crippen molar-refractivity contribution < 1.29 is 9.90 Å². The maximum atomic E-state index is 10.8. The zero-order chi connectivity index (χ0) is 10.1. The Balaban J connectivity index is 2.87. The molecule has 1 N–H and O–H groups in total. The van der Waals surface area contributed by atoms with Gasteiger partial charge in [-0.15, -0.1) is 0 Å². The number of hydrogen-bond donors (Lipinski definition) is 1. The molecule has 0 unspecified atom stereocenters. The standard InChI is InChI=1S/C10H6N2O2/c11-6-9-8(10(13)14)5-7-3-1-2-4-12(7)9/h1-5H,(H,13,14). The van der Waals surface area contributed by atoms with Crippen LogP contribution in [0.1, 0.15) is 16.1 Å². The maximum Gasteiger partial charge on any atom is 0.338 e. The topological polar surface area (TPSA) is 65.5 Å². The quantitative estimate of drug-likeness (QED) is 0.734. The number of carboxylic acids is 1. The van der Waals surface area contributed by atoms with Crippen molar-refractivity contribution in [2.75, 3.05) is 0 Å². The van der Waals surface area contributed by atoms with Gasteiger partial charge in [-0.05, 0) is 18.2 Å². The number of fused-ring (bicyclic) bond motifs is 1. The highest BCUT2D eigenvalue weighted by Crippen LogP contribution is 2.15. The van der Waals surface area contributed by atoms with Crippen LogP contribution >= 0.6 is 0 Å². The van der Waals surface area contributed by atoms with Crippen molar-refractivity contribution in [3.05, 3.63) is 41.7 Å². The van der Waals surface area contributed by atoms with Gasteiger partial charge in [0.25, 0.3) is 0 Å². The first-order valence-corrected chi connectivity index (χ1v) is 3.97. The van der Waals surface area contributed by atoms with Crippen LogP contribution in [0.25, 0.3) is 5.52 Å². The lowest BCUT2D eigenvalue weighted by Crippen LogP contribution is -1.98. The summed E-state index contributed by atoms with van der Waals surface area (Å²) in [5.74, 6) is -1.08. The van der Waals surface area contributed by atoms with Crippen LogP contribution in [-0.4, -0.2) is 15.5 Å². The summed E-state index contributed by atoms with van der Waals surface area (Å²) < 4.78 is 1.56. The van der Waals surface area contributed by atoms with Gasteiger partial charge in [-0.1, -0.05) is 6.07 Å². The molecule has 2 rings (SSSR count). The van der Waals surface area contributed by atoms with E-state index >= 15 is 0 Å². The fourth-order valence-electron chi connectivity index (χ4n) is 1.40. The van der Waals surface area contributed by atoms with Crippen LogP contribution in [0.4, 0.5) is 0 Å². The Labute approximate surface area is 79.6 Å². The molecule has 0 fully saturated rings. The average molecular weight is 186 g/mol. The number of nitrogens with zero attached hydrogens (tertiary/aromatic N) is 2. The molecule has 0 saturated carbocycles. The van der Waals surface area contributed by atoms with Crippen molar-refractivity contribution in [3.63, 3.8) is 0 Å². The van der Waals surface area contributed by atoms with E-state index in [0.29, 0.717) is 5.52 Å². The van der Waals surface area contributed by atoms with Gasteiger partial charge in [0.15, 0.2) is 0 Å². The molecule has 0 atom stereocenters. The van der Waals surface area contributed by atoms with Crippen molar-refractivity contribution in [1.82, 2.24) is 4.40 Å². The first-order chi connectivity index (χ1) is 6.74. The van der Waals surface area contributed by atoms with Crippen LogP contribution in [0, 0.1) is 11.3 Å². The van der Waals surface area contributed by atoms with E-state index in [4.69, 9.17) is 10.4 Å². The third-order valence-corrected chi connectivity index (χ3v) is 2.02. The van der Waals surface area contributed by atoms with Gasteiger partial charge in [0.05, 0.1) is 5.56 Å². The Bertz CT molecular complexity index is 549. The Kier molecular flexibility index (Phi) is 1.72. The molecule has 0 radical (unpaired) electrons. The number of pyridine rings is 1. The third-order valence-electron chi connectivity index (χ3n) is 2.02. The molecular weight excluding hydrogens is 180 g/mol. The van der Waals surface area contributed by atoms with Gasteiger partial charge < -0.3 is 9.51 Å². The van der Waals surface area contributed by atoms with Crippen molar-refractivity contribution in [3.8, 4) is 6.07 Å². The molecule has 0 saturated heterocycles. The van der Waals surface area contributed by atoms with Gasteiger partial charge in [-0.2, -0.15) is 5.26 Å². The Morgan fingerprint density at radius 2 is 2.29 bits per heavy atom. The molecule has 0 spiro atoms. The first kappa shape index (κ1) is 8.32. The second-order valence-corrected chi connectivity index (χ2v) is 2.82. The van der Waals surface area contributed by atoms with Crippen molar-refractivity contribution >= 4 is 11.5 Å². The van der Waals surface area contributed by atoms with Gasteiger partial charge in [0.2, 0.25) is 0 Å². The predicted molar refractivity (Wildman–Crippen MR) is 49.1 cm³/mol. The van der Waals surface area contributed by atoms with Crippen LogP contribution in [-0.2, 0) is 0 Å². The van der Waals surface area contributed by atoms with Gasteiger partial charge in [0, 0.05) is 11.7 Å². The molecule has 4 nitrogen and oxygen atoms in total. The lowest BCUT2D eigenvalue weighted by Gasteiger charge is -1.93. The summed E-state index contributed by atoms with van der Waals surface area (Å²) in [6.45, 7) is 0. The molecule has 68 valence electrons. The number of aromatic carboxylic acids is 1. The highest BCUT2D eigenvalue weighted by Gasteiger charge is 2.14. The summed E-state index contributed by atoms with van der Waals surface area (Å²) in [4.78, 5) is 10.8. The molecule has 0 aromatic carbocycles. The highest BCUT2D eigenvalue weighted by atomic mass is 16.4. The molecule has 2 heterocycles. The van der Waals surface area contributed by atoms with Crippen LogP contribution in [0.3, 0.4) is 0 Å². The SMILES string of the molecule is N#Cc1c(C(=O)O)cc2ccccn12. The summed E-state index contributed by atoms with van der Waals surface area (Å²) >= 11 is 0. The number of carbonyl (C=O) groups is 1.